The van der Waals surface area contributed by atoms with E-state index in [1.807, 2.05) is 4.90 Å². The summed E-state index contributed by atoms with van der Waals surface area (Å²) in [6.07, 6.45) is 4.09. The van der Waals surface area contributed by atoms with E-state index in [0.29, 0.717) is 54.1 Å². The standard InChI is InChI=1S/C15H17ClN6O2/c16-10-1-2-11(18-7-10)21-13-12(17)14(20-8-19-13)22-5-3-9(4-6-22)15(23)24/h1-2,7-9H,3-6,17H2,(H,23,24)(H,18,19,20,21). The van der Waals surface area contributed by atoms with Crippen molar-refractivity contribution in [2.75, 3.05) is 29.0 Å². The molecule has 1 fully saturated rings. The Balaban J connectivity index is 1.76. The van der Waals surface area contributed by atoms with Gasteiger partial charge in [0.25, 0.3) is 0 Å². The maximum absolute atomic E-state index is 11.1. The van der Waals surface area contributed by atoms with Crippen LogP contribution >= 0.6 is 11.6 Å². The second kappa shape index (κ2) is 6.88. The van der Waals surface area contributed by atoms with Gasteiger partial charge < -0.3 is 21.1 Å². The summed E-state index contributed by atoms with van der Waals surface area (Å²) in [5.41, 5.74) is 6.59. The van der Waals surface area contributed by atoms with Gasteiger partial charge in [0, 0.05) is 19.3 Å². The second-order valence-electron chi connectivity index (χ2n) is 5.55. The average molecular weight is 349 g/mol. The summed E-state index contributed by atoms with van der Waals surface area (Å²) in [6.45, 7) is 1.19. The number of hydrogen-bond acceptors (Lipinski definition) is 7. The highest BCUT2D eigenvalue weighted by Crippen LogP contribution is 2.31. The zero-order valence-corrected chi connectivity index (χ0v) is 13.6. The lowest BCUT2D eigenvalue weighted by Gasteiger charge is -2.31. The van der Waals surface area contributed by atoms with Crippen molar-refractivity contribution >= 4 is 40.7 Å². The van der Waals surface area contributed by atoms with Gasteiger partial charge in [0.2, 0.25) is 0 Å². The molecule has 0 aliphatic carbocycles. The van der Waals surface area contributed by atoms with Crippen molar-refractivity contribution < 1.29 is 9.90 Å². The van der Waals surface area contributed by atoms with E-state index in [1.165, 1.54) is 12.5 Å². The van der Waals surface area contributed by atoms with Crippen LogP contribution in [0.3, 0.4) is 0 Å². The number of halogens is 1. The lowest BCUT2D eigenvalue weighted by atomic mass is 9.97. The molecule has 126 valence electrons. The van der Waals surface area contributed by atoms with E-state index < -0.39 is 5.97 Å². The minimum absolute atomic E-state index is 0.305. The molecule has 3 rings (SSSR count). The van der Waals surface area contributed by atoms with Gasteiger partial charge in [0.1, 0.15) is 17.8 Å². The van der Waals surface area contributed by atoms with Gasteiger partial charge >= 0.3 is 5.97 Å². The van der Waals surface area contributed by atoms with Crippen LogP contribution in [-0.2, 0) is 4.79 Å². The van der Waals surface area contributed by atoms with Crippen LogP contribution in [0.5, 0.6) is 0 Å². The topological polar surface area (TPSA) is 117 Å². The molecule has 0 atom stereocenters. The van der Waals surface area contributed by atoms with Crippen LogP contribution in [0.4, 0.5) is 23.1 Å². The maximum atomic E-state index is 11.1. The largest absolute Gasteiger partial charge is 0.481 e. The molecule has 2 aromatic rings. The molecule has 24 heavy (non-hydrogen) atoms. The van der Waals surface area contributed by atoms with Gasteiger partial charge in [0.05, 0.1) is 10.9 Å². The van der Waals surface area contributed by atoms with E-state index in [4.69, 9.17) is 22.4 Å². The van der Waals surface area contributed by atoms with Gasteiger partial charge in [-0.15, -0.1) is 0 Å². The molecule has 0 bridgehead atoms. The smallest absolute Gasteiger partial charge is 0.306 e. The average Bonchev–Trinajstić information content (AvgIpc) is 2.59. The van der Waals surface area contributed by atoms with Crippen LogP contribution in [-0.4, -0.2) is 39.1 Å². The van der Waals surface area contributed by atoms with Crippen molar-refractivity contribution in [3.05, 3.63) is 29.7 Å². The number of nitrogens with one attached hydrogen (secondary N) is 1. The first-order valence-electron chi connectivity index (χ1n) is 7.51. The monoisotopic (exact) mass is 348 g/mol. The maximum Gasteiger partial charge on any atom is 0.306 e. The zero-order valence-electron chi connectivity index (χ0n) is 12.8. The van der Waals surface area contributed by atoms with Gasteiger partial charge in [-0.2, -0.15) is 0 Å². The Morgan fingerprint density at radius 2 is 2.04 bits per heavy atom. The number of pyridine rings is 1. The van der Waals surface area contributed by atoms with Crippen LogP contribution < -0.4 is 16.0 Å². The third-order valence-corrected chi connectivity index (χ3v) is 4.20. The molecule has 9 heteroatoms. The highest BCUT2D eigenvalue weighted by molar-refractivity contribution is 6.30. The first-order valence-corrected chi connectivity index (χ1v) is 7.89. The van der Waals surface area contributed by atoms with E-state index in [9.17, 15) is 4.79 Å². The summed E-state index contributed by atoms with van der Waals surface area (Å²) in [5.74, 6) is 0.572. The fourth-order valence-electron chi connectivity index (χ4n) is 2.65. The molecule has 1 aliphatic rings. The summed E-state index contributed by atoms with van der Waals surface area (Å²) in [5, 5.41) is 12.7. The first kappa shape index (κ1) is 16.3. The number of hydrogen-bond donors (Lipinski definition) is 3. The van der Waals surface area contributed by atoms with Gasteiger partial charge in [-0.1, -0.05) is 11.6 Å². The molecule has 1 saturated heterocycles. The van der Waals surface area contributed by atoms with E-state index in [-0.39, 0.29) is 5.92 Å². The fraction of sp³-hybridized carbons (Fsp3) is 0.333. The molecule has 0 aromatic carbocycles. The summed E-state index contributed by atoms with van der Waals surface area (Å²) >= 11 is 5.82. The van der Waals surface area contributed by atoms with E-state index in [1.54, 1.807) is 12.1 Å². The summed E-state index contributed by atoms with van der Waals surface area (Å²) in [4.78, 5) is 25.6. The molecule has 0 spiro atoms. The van der Waals surface area contributed by atoms with Gasteiger partial charge in [-0.3, -0.25) is 4.79 Å². The van der Waals surface area contributed by atoms with Crippen molar-refractivity contribution in [2.24, 2.45) is 5.92 Å². The Labute approximate surface area is 143 Å². The third kappa shape index (κ3) is 3.48. The van der Waals surface area contributed by atoms with Crippen LogP contribution in [0.25, 0.3) is 0 Å². The summed E-state index contributed by atoms with van der Waals surface area (Å²) in [7, 11) is 0. The van der Waals surface area contributed by atoms with Crippen molar-refractivity contribution in [3.8, 4) is 0 Å². The van der Waals surface area contributed by atoms with Crippen molar-refractivity contribution in [1.29, 1.82) is 0 Å². The van der Waals surface area contributed by atoms with Gasteiger partial charge in [-0.25, -0.2) is 15.0 Å². The Morgan fingerprint density at radius 3 is 2.67 bits per heavy atom. The van der Waals surface area contributed by atoms with E-state index in [2.05, 4.69) is 20.3 Å². The quantitative estimate of drug-likeness (QED) is 0.769. The normalized spacial score (nSPS) is 15.3. The minimum Gasteiger partial charge on any atom is -0.481 e. The van der Waals surface area contributed by atoms with Crippen molar-refractivity contribution in [2.45, 2.75) is 12.8 Å². The molecule has 2 aromatic heterocycles. The number of rotatable bonds is 4. The number of aromatic nitrogens is 3. The number of nitrogens with two attached hydrogens (primary N) is 1. The van der Waals surface area contributed by atoms with Crippen LogP contribution in [0, 0.1) is 5.92 Å². The lowest BCUT2D eigenvalue weighted by molar-refractivity contribution is -0.142. The highest BCUT2D eigenvalue weighted by Gasteiger charge is 2.26. The van der Waals surface area contributed by atoms with E-state index in [0.717, 1.165) is 0 Å². The number of aliphatic carboxylic acids is 1. The van der Waals surface area contributed by atoms with Crippen LogP contribution in [0.1, 0.15) is 12.8 Å². The number of nitrogens with zero attached hydrogens (tertiary/aromatic N) is 4. The Bertz CT molecular complexity index is 731. The molecule has 4 N–H and O–H groups in total. The minimum atomic E-state index is -0.749. The Hall–Kier alpha value is -2.61. The zero-order chi connectivity index (χ0) is 17.1. The molecule has 0 saturated carbocycles. The van der Waals surface area contributed by atoms with Gasteiger partial charge in [-0.05, 0) is 25.0 Å². The fourth-order valence-corrected chi connectivity index (χ4v) is 2.76. The summed E-state index contributed by atoms with van der Waals surface area (Å²) < 4.78 is 0. The number of nitrogen functional groups attached to an aromatic ring is 1. The first-order chi connectivity index (χ1) is 11.5. The number of carbonyl (C=O) groups is 1. The van der Waals surface area contributed by atoms with Crippen molar-refractivity contribution in [3.63, 3.8) is 0 Å². The summed E-state index contributed by atoms with van der Waals surface area (Å²) in [6, 6.07) is 3.44. The predicted octanol–water partition coefficient (Wildman–Crippen LogP) is 2.15. The van der Waals surface area contributed by atoms with Crippen molar-refractivity contribution in [1.82, 2.24) is 15.0 Å². The van der Waals surface area contributed by atoms with Crippen LogP contribution in [0.2, 0.25) is 5.02 Å². The predicted molar refractivity (Wildman–Crippen MR) is 91.5 cm³/mol. The number of piperidine rings is 1. The molecule has 0 unspecified atom stereocenters. The Kier molecular flexibility index (Phi) is 4.66. The number of carboxylic acid groups (broad SMARTS) is 1. The molecule has 8 nitrogen and oxygen atoms in total. The van der Waals surface area contributed by atoms with Crippen LogP contribution in [0.15, 0.2) is 24.7 Å². The molecule has 0 amide bonds. The molecule has 0 radical (unpaired) electrons. The number of carboxylic acids is 1. The third-order valence-electron chi connectivity index (χ3n) is 3.98. The van der Waals surface area contributed by atoms with Gasteiger partial charge in [0.15, 0.2) is 11.6 Å². The molecule has 3 heterocycles. The SMILES string of the molecule is Nc1c(Nc2ccc(Cl)cn2)ncnc1N1CCC(C(=O)O)CC1. The lowest BCUT2D eigenvalue weighted by Crippen LogP contribution is -2.37. The highest BCUT2D eigenvalue weighted by atomic mass is 35.5. The van der Waals surface area contributed by atoms with E-state index >= 15 is 0 Å². The molecular weight excluding hydrogens is 332 g/mol. The number of anilines is 4. The second-order valence-corrected chi connectivity index (χ2v) is 5.98. The molecular formula is C15H17ClN6O2. The Morgan fingerprint density at radius 1 is 1.29 bits per heavy atom. The molecule has 1 aliphatic heterocycles.